The number of hydrogen-bond acceptors (Lipinski definition) is 4. The van der Waals surface area contributed by atoms with Gasteiger partial charge >= 0.3 is 0 Å². The Labute approximate surface area is 126 Å². The first kappa shape index (κ1) is 14.7. The maximum Gasteiger partial charge on any atom is 0.283 e. The Kier molecular flexibility index (Phi) is 5.29. The summed E-state index contributed by atoms with van der Waals surface area (Å²) in [7, 11) is 1.76. The first-order valence-electron chi connectivity index (χ1n) is 6.54. The van der Waals surface area contributed by atoms with Gasteiger partial charge in [-0.15, -0.1) is 0 Å². The molecule has 0 aliphatic heterocycles. The van der Waals surface area contributed by atoms with E-state index in [1.54, 1.807) is 25.6 Å². The van der Waals surface area contributed by atoms with Crippen molar-refractivity contribution in [2.75, 3.05) is 12.4 Å². The molecule has 0 fully saturated rings. The van der Waals surface area contributed by atoms with Crippen molar-refractivity contribution in [3.05, 3.63) is 51.1 Å². The molecular weight excluding hydrogens is 320 g/mol. The lowest BCUT2D eigenvalue weighted by molar-refractivity contribution is 0.530. The second-order valence-corrected chi connectivity index (χ2v) is 5.26. The highest BCUT2D eigenvalue weighted by Crippen LogP contribution is 2.15. The molecule has 0 aliphatic carbocycles. The zero-order valence-electron chi connectivity index (χ0n) is 11.3. The number of nitrogens with zero attached hydrogens (tertiary/aromatic N) is 3. The number of pyridine rings is 1. The second kappa shape index (κ2) is 7.19. The van der Waals surface area contributed by atoms with Gasteiger partial charge < -0.3 is 5.32 Å². The summed E-state index contributed by atoms with van der Waals surface area (Å²) in [5.74, 6) is 0. The number of hydrogen-bond donors (Lipinski definition) is 1. The summed E-state index contributed by atoms with van der Waals surface area (Å²) < 4.78 is 2.03. The van der Waals surface area contributed by atoms with Crippen LogP contribution in [0.25, 0.3) is 0 Å². The van der Waals surface area contributed by atoms with Gasteiger partial charge in [0.25, 0.3) is 5.56 Å². The Morgan fingerprint density at radius 2 is 2.05 bits per heavy atom. The zero-order valence-corrected chi connectivity index (χ0v) is 12.9. The van der Waals surface area contributed by atoms with Crippen molar-refractivity contribution in [3.8, 4) is 0 Å². The highest BCUT2D eigenvalue weighted by molar-refractivity contribution is 9.10. The maximum atomic E-state index is 12.0. The molecule has 0 radical (unpaired) electrons. The largest absolute Gasteiger partial charge is 0.386 e. The number of aromatic nitrogens is 3. The Hall–Kier alpha value is -1.69. The van der Waals surface area contributed by atoms with Crippen molar-refractivity contribution in [3.63, 3.8) is 0 Å². The summed E-state index contributed by atoms with van der Waals surface area (Å²) in [5, 5.41) is 7.08. The quantitative estimate of drug-likeness (QED) is 0.823. The zero-order chi connectivity index (χ0) is 14.4. The van der Waals surface area contributed by atoms with Crippen LogP contribution in [-0.2, 0) is 13.0 Å². The number of unbranched alkanes of at least 4 members (excludes halogenated alkanes) is 1. The van der Waals surface area contributed by atoms with E-state index in [-0.39, 0.29) is 5.56 Å². The SMILES string of the molecule is CNc1cnn(CCCCc2ccncc2)c(=O)c1Br. The standard InChI is InChI=1S/C14H17BrN4O/c1-16-12-10-18-19(14(20)13(12)15)9-3-2-4-11-5-7-17-8-6-11/h5-8,10,16H,2-4,9H2,1H3. The highest BCUT2D eigenvalue weighted by Gasteiger charge is 2.07. The number of rotatable bonds is 6. The van der Waals surface area contributed by atoms with Crippen LogP contribution in [0.2, 0.25) is 0 Å². The van der Waals surface area contributed by atoms with Crippen LogP contribution in [0.5, 0.6) is 0 Å². The van der Waals surface area contributed by atoms with Gasteiger partial charge in [-0.3, -0.25) is 9.78 Å². The minimum absolute atomic E-state index is 0.0965. The topological polar surface area (TPSA) is 59.8 Å². The van der Waals surface area contributed by atoms with Gasteiger partial charge in [0.2, 0.25) is 0 Å². The van der Waals surface area contributed by atoms with Crippen molar-refractivity contribution in [1.82, 2.24) is 14.8 Å². The molecule has 1 N–H and O–H groups in total. The summed E-state index contributed by atoms with van der Waals surface area (Å²) in [5.41, 5.74) is 1.89. The van der Waals surface area contributed by atoms with Gasteiger partial charge in [-0.25, -0.2) is 4.68 Å². The normalized spacial score (nSPS) is 10.5. The molecule has 0 aromatic carbocycles. The monoisotopic (exact) mass is 336 g/mol. The molecule has 20 heavy (non-hydrogen) atoms. The smallest absolute Gasteiger partial charge is 0.283 e. The summed E-state index contributed by atoms with van der Waals surface area (Å²) in [4.78, 5) is 16.0. The summed E-state index contributed by atoms with van der Waals surface area (Å²) in [6, 6.07) is 4.03. The van der Waals surface area contributed by atoms with E-state index in [1.807, 2.05) is 12.1 Å². The molecule has 0 spiro atoms. The minimum atomic E-state index is -0.0965. The third-order valence-corrected chi connectivity index (χ3v) is 3.86. The molecule has 0 bridgehead atoms. The molecule has 2 heterocycles. The fraction of sp³-hybridized carbons (Fsp3) is 0.357. The molecule has 0 saturated heterocycles. The lowest BCUT2D eigenvalue weighted by Gasteiger charge is -2.08. The first-order chi connectivity index (χ1) is 9.72. The average molecular weight is 337 g/mol. The van der Waals surface area contributed by atoms with E-state index in [0.29, 0.717) is 16.7 Å². The molecule has 106 valence electrons. The third-order valence-electron chi connectivity index (χ3n) is 3.09. The van der Waals surface area contributed by atoms with Crippen molar-refractivity contribution >= 4 is 21.6 Å². The van der Waals surface area contributed by atoms with Gasteiger partial charge in [-0.05, 0) is 52.9 Å². The molecule has 6 heteroatoms. The molecule has 2 aromatic rings. The first-order valence-corrected chi connectivity index (χ1v) is 7.34. The van der Waals surface area contributed by atoms with Gasteiger partial charge in [-0.2, -0.15) is 5.10 Å². The molecule has 2 aromatic heterocycles. The number of aryl methyl sites for hydroxylation is 2. The maximum absolute atomic E-state index is 12.0. The van der Waals surface area contributed by atoms with E-state index in [0.717, 1.165) is 19.3 Å². The predicted octanol–water partition coefficient (Wildman–Crippen LogP) is 2.47. The van der Waals surface area contributed by atoms with Crippen LogP contribution in [0, 0.1) is 0 Å². The summed E-state index contributed by atoms with van der Waals surface area (Å²) in [6.07, 6.45) is 8.19. The fourth-order valence-electron chi connectivity index (χ4n) is 1.94. The average Bonchev–Trinajstić information content (AvgIpc) is 2.49. The summed E-state index contributed by atoms with van der Waals surface area (Å²) >= 11 is 3.29. The molecular formula is C14H17BrN4O. The Morgan fingerprint density at radius 3 is 2.75 bits per heavy atom. The van der Waals surface area contributed by atoms with Crippen LogP contribution in [0.1, 0.15) is 18.4 Å². The van der Waals surface area contributed by atoms with Crippen LogP contribution >= 0.6 is 15.9 Å². The van der Waals surface area contributed by atoms with Crippen LogP contribution in [0.3, 0.4) is 0 Å². The molecule has 0 atom stereocenters. The van der Waals surface area contributed by atoms with Crippen molar-refractivity contribution in [2.24, 2.45) is 0 Å². The van der Waals surface area contributed by atoms with Gasteiger partial charge in [-0.1, -0.05) is 0 Å². The van der Waals surface area contributed by atoms with Gasteiger partial charge in [0, 0.05) is 26.0 Å². The molecule has 0 aliphatic rings. The second-order valence-electron chi connectivity index (χ2n) is 4.46. The molecule has 2 rings (SSSR count). The fourth-order valence-corrected chi connectivity index (χ4v) is 2.44. The molecule has 0 saturated carbocycles. The molecule has 0 unspecified atom stereocenters. The van der Waals surface area contributed by atoms with E-state index in [2.05, 4.69) is 31.3 Å². The Bertz CT molecular complexity index is 612. The highest BCUT2D eigenvalue weighted by atomic mass is 79.9. The molecule has 5 nitrogen and oxygen atoms in total. The number of nitrogens with one attached hydrogen (secondary N) is 1. The Morgan fingerprint density at radius 1 is 1.30 bits per heavy atom. The van der Waals surface area contributed by atoms with Crippen LogP contribution in [0.4, 0.5) is 5.69 Å². The third kappa shape index (κ3) is 3.66. The van der Waals surface area contributed by atoms with E-state index < -0.39 is 0 Å². The van der Waals surface area contributed by atoms with E-state index in [1.165, 1.54) is 10.2 Å². The number of halogens is 1. The van der Waals surface area contributed by atoms with Crippen molar-refractivity contribution in [1.29, 1.82) is 0 Å². The lowest BCUT2D eigenvalue weighted by atomic mass is 10.1. The van der Waals surface area contributed by atoms with E-state index >= 15 is 0 Å². The minimum Gasteiger partial charge on any atom is -0.386 e. The summed E-state index contributed by atoms with van der Waals surface area (Å²) in [6.45, 7) is 0.631. The van der Waals surface area contributed by atoms with Gasteiger partial charge in [0.1, 0.15) is 4.47 Å². The van der Waals surface area contributed by atoms with E-state index in [9.17, 15) is 4.79 Å². The van der Waals surface area contributed by atoms with Crippen molar-refractivity contribution in [2.45, 2.75) is 25.8 Å². The van der Waals surface area contributed by atoms with Crippen molar-refractivity contribution < 1.29 is 0 Å². The number of anilines is 1. The van der Waals surface area contributed by atoms with Crippen LogP contribution in [0.15, 0.2) is 40.0 Å². The lowest BCUT2D eigenvalue weighted by Crippen LogP contribution is -2.24. The Balaban J connectivity index is 1.89. The van der Waals surface area contributed by atoms with Gasteiger partial charge in [0.15, 0.2) is 0 Å². The van der Waals surface area contributed by atoms with Gasteiger partial charge in [0.05, 0.1) is 11.9 Å². The molecule has 0 amide bonds. The predicted molar refractivity (Wildman–Crippen MR) is 82.9 cm³/mol. The van der Waals surface area contributed by atoms with Crippen LogP contribution < -0.4 is 10.9 Å². The van der Waals surface area contributed by atoms with Crippen LogP contribution in [-0.4, -0.2) is 21.8 Å². The van der Waals surface area contributed by atoms with E-state index in [4.69, 9.17) is 0 Å².